The molecule has 0 N–H and O–H groups in total. The molecule has 0 saturated carbocycles. The Hall–Kier alpha value is -1.75. The lowest BCUT2D eigenvalue weighted by Gasteiger charge is -2.21. The number of ether oxygens (including phenoxy) is 2. The van der Waals surface area contributed by atoms with Crippen LogP contribution in [0.15, 0.2) is 66.5 Å². The van der Waals surface area contributed by atoms with Gasteiger partial charge in [0.2, 0.25) is 0 Å². The van der Waals surface area contributed by atoms with Crippen molar-refractivity contribution in [1.29, 1.82) is 0 Å². The molecule has 196 valence electrons. The van der Waals surface area contributed by atoms with E-state index >= 15 is 0 Å². The molecular formula is C33H45IO2. The van der Waals surface area contributed by atoms with Crippen molar-refractivity contribution in [2.45, 2.75) is 78.6 Å². The fourth-order valence-corrected chi connectivity index (χ4v) is 5.19. The van der Waals surface area contributed by atoms with Gasteiger partial charge < -0.3 is 9.47 Å². The first kappa shape index (κ1) is 28.8. The van der Waals surface area contributed by atoms with Gasteiger partial charge in [-0.25, -0.2) is 0 Å². The average molecular weight is 601 g/mol. The molecule has 2 nitrogen and oxygen atoms in total. The number of alkyl halides is 1. The number of aryl methyl sites for hydroxylation is 1. The van der Waals surface area contributed by atoms with Crippen molar-refractivity contribution >= 4 is 22.6 Å². The molecule has 3 rings (SSSR count). The van der Waals surface area contributed by atoms with Crippen LogP contribution in [-0.4, -0.2) is 17.6 Å². The normalized spacial score (nSPS) is 16.9. The topological polar surface area (TPSA) is 18.5 Å². The lowest BCUT2D eigenvalue weighted by atomic mass is 9.88. The van der Waals surface area contributed by atoms with Crippen LogP contribution in [0.3, 0.4) is 0 Å². The molecule has 3 unspecified atom stereocenters. The molecule has 0 fully saturated rings. The Balaban J connectivity index is 1.58. The lowest BCUT2D eigenvalue weighted by Crippen LogP contribution is -2.09. The third kappa shape index (κ3) is 9.28. The first-order valence-corrected chi connectivity index (χ1v) is 15.5. The van der Waals surface area contributed by atoms with Gasteiger partial charge in [0.05, 0.1) is 13.2 Å². The molecule has 0 saturated heterocycles. The van der Waals surface area contributed by atoms with Gasteiger partial charge in [-0.1, -0.05) is 105 Å². The summed E-state index contributed by atoms with van der Waals surface area (Å²) in [6, 6.07) is 15.6. The predicted octanol–water partition coefficient (Wildman–Crippen LogP) is 10.1. The Labute approximate surface area is 233 Å². The maximum atomic E-state index is 6.16. The van der Waals surface area contributed by atoms with E-state index < -0.39 is 0 Å². The van der Waals surface area contributed by atoms with Gasteiger partial charge in [-0.05, 0) is 89.8 Å². The van der Waals surface area contributed by atoms with Crippen molar-refractivity contribution in [3.8, 4) is 16.9 Å². The second-order valence-electron chi connectivity index (χ2n) is 10.4. The Morgan fingerprint density at radius 1 is 0.944 bits per heavy atom. The fraction of sp³-hybridized carbons (Fsp3) is 0.515. The van der Waals surface area contributed by atoms with Crippen LogP contribution in [0.2, 0.25) is 0 Å². The van der Waals surface area contributed by atoms with Gasteiger partial charge in [-0.2, -0.15) is 0 Å². The zero-order chi connectivity index (χ0) is 25.8. The van der Waals surface area contributed by atoms with E-state index in [4.69, 9.17) is 9.47 Å². The number of rotatable bonds is 15. The number of benzene rings is 2. The largest absolute Gasteiger partial charge is 0.494 e. The van der Waals surface area contributed by atoms with E-state index in [0.717, 1.165) is 31.1 Å². The highest BCUT2D eigenvalue weighted by molar-refractivity contribution is 14.1. The van der Waals surface area contributed by atoms with Gasteiger partial charge in [0.15, 0.2) is 0 Å². The van der Waals surface area contributed by atoms with E-state index in [2.05, 4.69) is 111 Å². The molecule has 0 aliphatic heterocycles. The highest BCUT2D eigenvalue weighted by atomic mass is 127. The van der Waals surface area contributed by atoms with Crippen molar-refractivity contribution in [3.63, 3.8) is 0 Å². The Bertz CT molecular complexity index is 976. The summed E-state index contributed by atoms with van der Waals surface area (Å²) in [7, 11) is 0. The van der Waals surface area contributed by atoms with Gasteiger partial charge in [0.1, 0.15) is 11.5 Å². The van der Waals surface area contributed by atoms with E-state index in [9.17, 15) is 0 Å². The summed E-state index contributed by atoms with van der Waals surface area (Å²) < 4.78 is 13.4. The van der Waals surface area contributed by atoms with Gasteiger partial charge in [-0.15, -0.1) is 0 Å². The second-order valence-corrected chi connectivity index (χ2v) is 11.5. The van der Waals surface area contributed by atoms with Gasteiger partial charge in [-0.3, -0.25) is 0 Å². The highest BCUT2D eigenvalue weighted by Crippen LogP contribution is 2.32. The zero-order valence-electron chi connectivity index (χ0n) is 22.8. The summed E-state index contributed by atoms with van der Waals surface area (Å²) in [5.41, 5.74) is 5.18. The van der Waals surface area contributed by atoms with Gasteiger partial charge in [0.25, 0.3) is 0 Å². The summed E-state index contributed by atoms with van der Waals surface area (Å²) >= 11 is 2.45. The molecule has 0 bridgehead atoms. The second kappa shape index (κ2) is 15.5. The Morgan fingerprint density at radius 3 is 2.42 bits per heavy atom. The number of unbranched alkanes of at least 4 members (excludes halogenated alkanes) is 1. The molecular weight excluding hydrogens is 555 g/mol. The maximum Gasteiger partial charge on any atom is 0.119 e. The Morgan fingerprint density at radius 2 is 1.75 bits per heavy atom. The minimum absolute atomic E-state index is 0.393. The van der Waals surface area contributed by atoms with Crippen LogP contribution in [0.5, 0.6) is 5.75 Å². The van der Waals surface area contributed by atoms with Gasteiger partial charge >= 0.3 is 0 Å². The van der Waals surface area contributed by atoms with Crippen LogP contribution in [0, 0.1) is 18.8 Å². The van der Waals surface area contributed by atoms with Crippen molar-refractivity contribution in [2.75, 3.05) is 17.6 Å². The van der Waals surface area contributed by atoms with Crippen molar-refractivity contribution in [3.05, 3.63) is 77.6 Å². The molecule has 36 heavy (non-hydrogen) atoms. The molecule has 2 aromatic carbocycles. The minimum Gasteiger partial charge on any atom is -0.494 e. The van der Waals surface area contributed by atoms with Crippen LogP contribution in [0.1, 0.15) is 82.8 Å². The standard InChI is InChI=1S/C33H45IO2/c1-5-7-10-27(6-2)24-36-33-17-13-29(14-18-33)31-21-26(4)20-30(22-31)28-11-15-32(16-12-28)35-23-25(3)9-8-19-34/h11-13,15-18,20-22,25,27,29H,5-10,14,19,23-24H2,1-4H3. The summed E-state index contributed by atoms with van der Waals surface area (Å²) in [5, 5.41) is 0. The molecule has 0 aromatic heterocycles. The Kier molecular flexibility index (Phi) is 12.4. The van der Waals surface area contributed by atoms with Crippen LogP contribution in [-0.2, 0) is 4.74 Å². The third-order valence-electron chi connectivity index (χ3n) is 7.18. The maximum absolute atomic E-state index is 6.16. The molecule has 1 aliphatic carbocycles. The predicted molar refractivity (Wildman–Crippen MR) is 163 cm³/mol. The molecule has 3 heteroatoms. The molecule has 0 amide bonds. The van der Waals surface area contributed by atoms with Crippen LogP contribution >= 0.6 is 22.6 Å². The third-order valence-corrected chi connectivity index (χ3v) is 7.94. The van der Waals surface area contributed by atoms with Gasteiger partial charge in [0, 0.05) is 5.92 Å². The van der Waals surface area contributed by atoms with E-state index in [1.165, 1.54) is 65.2 Å². The van der Waals surface area contributed by atoms with E-state index in [0.29, 0.717) is 17.8 Å². The monoisotopic (exact) mass is 600 g/mol. The average Bonchev–Trinajstić information content (AvgIpc) is 2.91. The fourth-order valence-electron chi connectivity index (χ4n) is 4.75. The van der Waals surface area contributed by atoms with E-state index in [1.54, 1.807) is 0 Å². The van der Waals surface area contributed by atoms with Crippen LogP contribution in [0.25, 0.3) is 11.1 Å². The summed E-state index contributed by atoms with van der Waals surface area (Å²) in [5.74, 6) is 3.65. The molecule has 3 atom stereocenters. The van der Waals surface area contributed by atoms with Crippen molar-refractivity contribution in [1.82, 2.24) is 0 Å². The minimum atomic E-state index is 0.393. The molecule has 1 aliphatic rings. The molecule has 0 radical (unpaired) electrons. The molecule has 0 heterocycles. The number of hydrogen-bond acceptors (Lipinski definition) is 2. The SMILES string of the molecule is CCCCC(CC)COC1=CCC(c2cc(C)cc(-c3ccc(OCC(C)CCCI)cc3)c2)C=C1. The molecule has 0 spiro atoms. The highest BCUT2D eigenvalue weighted by Gasteiger charge is 2.15. The smallest absolute Gasteiger partial charge is 0.119 e. The first-order chi connectivity index (χ1) is 17.5. The number of halogens is 1. The molecule has 2 aromatic rings. The zero-order valence-corrected chi connectivity index (χ0v) is 24.9. The number of hydrogen-bond donors (Lipinski definition) is 0. The van der Waals surface area contributed by atoms with E-state index in [1.807, 2.05) is 0 Å². The van der Waals surface area contributed by atoms with Crippen LogP contribution in [0.4, 0.5) is 0 Å². The lowest BCUT2D eigenvalue weighted by molar-refractivity contribution is 0.163. The summed E-state index contributed by atoms with van der Waals surface area (Å²) in [6.45, 7) is 10.6. The first-order valence-electron chi connectivity index (χ1n) is 13.9. The van der Waals surface area contributed by atoms with Crippen molar-refractivity contribution < 1.29 is 9.47 Å². The quantitative estimate of drug-likeness (QED) is 0.150. The van der Waals surface area contributed by atoms with Crippen molar-refractivity contribution in [2.24, 2.45) is 11.8 Å². The van der Waals surface area contributed by atoms with Crippen LogP contribution < -0.4 is 4.74 Å². The van der Waals surface area contributed by atoms with E-state index in [-0.39, 0.29) is 0 Å². The number of allylic oxidation sites excluding steroid dienone is 3. The summed E-state index contributed by atoms with van der Waals surface area (Å²) in [4.78, 5) is 0. The summed E-state index contributed by atoms with van der Waals surface area (Å²) in [6.07, 6.45) is 15.3.